The molecule has 1 aliphatic rings. The second kappa shape index (κ2) is 7.76. The van der Waals surface area contributed by atoms with Gasteiger partial charge in [0.25, 0.3) is 0 Å². The minimum absolute atomic E-state index is 0.726. The Morgan fingerprint density at radius 1 is 1.07 bits per heavy atom. The lowest BCUT2D eigenvalue weighted by atomic mass is 10.0. The summed E-state index contributed by atoms with van der Waals surface area (Å²) in [6, 6.07) is 11.8. The van der Waals surface area contributed by atoms with Crippen molar-refractivity contribution in [3.05, 3.63) is 52.5 Å². The number of fused-ring (bicyclic) bond motifs is 1. The molecule has 0 amide bonds. The molecule has 5 nitrogen and oxygen atoms in total. The van der Waals surface area contributed by atoms with E-state index < -0.39 is 0 Å². The number of methoxy groups -OCH3 is 2. The van der Waals surface area contributed by atoms with Crippen LogP contribution in [0.15, 0.2) is 36.4 Å². The lowest BCUT2D eigenvalue weighted by Crippen LogP contribution is -2.08. The van der Waals surface area contributed by atoms with Crippen molar-refractivity contribution in [2.45, 2.75) is 26.2 Å². The first kappa shape index (κ1) is 18.7. The van der Waals surface area contributed by atoms with Crippen LogP contribution in [0.5, 0.6) is 11.5 Å². The van der Waals surface area contributed by atoms with Crippen LogP contribution < -0.4 is 14.8 Å². The maximum absolute atomic E-state index is 6.17. The standard InChI is InChI=1S/C22H24ClN3O2/c1-14-12-15(23)7-10-19(14)26-22-18(6-4-5-11-24-22)21(25-26)17-9-8-16(27-2)13-20(17)28-3/h7-10,12-13,24H,4-6,11H2,1-3H3. The Hall–Kier alpha value is -2.66. The summed E-state index contributed by atoms with van der Waals surface area (Å²) < 4.78 is 13.0. The topological polar surface area (TPSA) is 48.3 Å². The van der Waals surface area contributed by atoms with Crippen LogP contribution in [0.4, 0.5) is 5.82 Å². The Morgan fingerprint density at radius 3 is 2.68 bits per heavy atom. The molecule has 4 rings (SSSR count). The van der Waals surface area contributed by atoms with Crippen LogP contribution >= 0.6 is 11.6 Å². The molecule has 3 aromatic rings. The van der Waals surface area contributed by atoms with Gasteiger partial charge in [0.05, 0.1) is 19.9 Å². The van der Waals surface area contributed by atoms with Crippen LogP contribution in [0.25, 0.3) is 16.9 Å². The van der Waals surface area contributed by atoms with E-state index in [2.05, 4.69) is 12.2 Å². The highest BCUT2D eigenvalue weighted by molar-refractivity contribution is 6.30. The number of hydrogen-bond donors (Lipinski definition) is 1. The number of anilines is 1. The molecule has 0 atom stereocenters. The Morgan fingerprint density at radius 2 is 1.93 bits per heavy atom. The second-order valence-corrected chi connectivity index (χ2v) is 7.40. The molecule has 146 valence electrons. The van der Waals surface area contributed by atoms with E-state index in [-0.39, 0.29) is 0 Å². The lowest BCUT2D eigenvalue weighted by Gasteiger charge is -2.11. The van der Waals surface area contributed by atoms with Crippen molar-refractivity contribution in [1.29, 1.82) is 0 Å². The third kappa shape index (κ3) is 3.31. The van der Waals surface area contributed by atoms with Crippen LogP contribution in [0.3, 0.4) is 0 Å². The molecule has 2 aromatic carbocycles. The molecular weight excluding hydrogens is 374 g/mol. The minimum Gasteiger partial charge on any atom is -0.497 e. The number of nitrogens with one attached hydrogen (secondary N) is 1. The molecule has 1 aliphatic heterocycles. The number of ether oxygens (including phenoxy) is 2. The summed E-state index contributed by atoms with van der Waals surface area (Å²) in [5.74, 6) is 2.57. The largest absolute Gasteiger partial charge is 0.497 e. The van der Waals surface area contributed by atoms with Crippen molar-refractivity contribution < 1.29 is 9.47 Å². The van der Waals surface area contributed by atoms with Gasteiger partial charge in [0.2, 0.25) is 0 Å². The van der Waals surface area contributed by atoms with Crippen molar-refractivity contribution in [3.8, 4) is 28.4 Å². The maximum atomic E-state index is 6.17. The van der Waals surface area contributed by atoms with Gasteiger partial charge >= 0.3 is 0 Å². The predicted molar refractivity (Wildman–Crippen MR) is 113 cm³/mol. The molecule has 0 saturated heterocycles. The third-order valence-corrected chi connectivity index (χ3v) is 5.42. The molecule has 6 heteroatoms. The summed E-state index contributed by atoms with van der Waals surface area (Å²) in [4.78, 5) is 0. The highest BCUT2D eigenvalue weighted by Gasteiger charge is 2.24. The van der Waals surface area contributed by atoms with Crippen LogP contribution in [0.1, 0.15) is 24.0 Å². The molecule has 0 fully saturated rings. The molecule has 1 aromatic heterocycles. The summed E-state index contributed by atoms with van der Waals surface area (Å²) in [7, 11) is 3.33. The van der Waals surface area contributed by atoms with Gasteiger partial charge in [0, 0.05) is 28.8 Å². The number of aromatic nitrogens is 2. The zero-order valence-electron chi connectivity index (χ0n) is 16.4. The van der Waals surface area contributed by atoms with Crippen LogP contribution in [0, 0.1) is 6.92 Å². The number of aryl methyl sites for hydroxylation is 1. The fourth-order valence-electron chi connectivity index (χ4n) is 3.74. The summed E-state index contributed by atoms with van der Waals surface area (Å²) >= 11 is 6.17. The minimum atomic E-state index is 0.726. The lowest BCUT2D eigenvalue weighted by molar-refractivity contribution is 0.395. The smallest absolute Gasteiger partial charge is 0.133 e. The van der Waals surface area contributed by atoms with Crippen LogP contribution in [-0.4, -0.2) is 30.5 Å². The molecule has 0 radical (unpaired) electrons. The molecule has 2 heterocycles. The third-order valence-electron chi connectivity index (χ3n) is 5.18. The number of benzene rings is 2. The first-order valence-electron chi connectivity index (χ1n) is 9.47. The van der Waals surface area contributed by atoms with Crippen molar-refractivity contribution >= 4 is 17.4 Å². The summed E-state index contributed by atoms with van der Waals surface area (Å²) in [6.45, 7) is 2.99. The Bertz CT molecular complexity index is 1010. The van der Waals surface area contributed by atoms with E-state index in [1.54, 1.807) is 14.2 Å². The zero-order valence-corrected chi connectivity index (χ0v) is 17.1. The molecule has 0 saturated carbocycles. The first-order valence-corrected chi connectivity index (χ1v) is 9.85. The molecular formula is C22H24ClN3O2. The van der Waals surface area contributed by atoms with E-state index >= 15 is 0 Å². The van der Waals surface area contributed by atoms with Crippen molar-refractivity contribution in [1.82, 2.24) is 9.78 Å². The first-order chi connectivity index (χ1) is 13.6. The summed E-state index contributed by atoms with van der Waals surface area (Å²) in [6.07, 6.45) is 3.23. The SMILES string of the molecule is COc1ccc(-c2nn(-c3ccc(Cl)cc3C)c3c2CCCCN3)c(OC)c1. The highest BCUT2D eigenvalue weighted by atomic mass is 35.5. The number of nitrogens with zero attached hydrogens (tertiary/aromatic N) is 2. The maximum Gasteiger partial charge on any atom is 0.133 e. The Kier molecular flexibility index (Phi) is 5.18. The van der Waals surface area contributed by atoms with Crippen LogP contribution in [-0.2, 0) is 6.42 Å². The van der Waals surface area contributed by atoms with Gasteiger partial charge in [-0.3, -0.25) is 0 Å². The Labute approximate surface area is 170 Å². The molecule has 0 unspecified atom stereocenters. The van der Waals surface area contributed by atoms with Crippen LogP contribution in [0.2, 0.25) is 5.02 Å². The van der Waals surface area contributed by atoms with E-state index in [0.29, 0.717) is 0 Å². The van der Waals surface area contributed by atoms with E-state index in [9.17, 15) is 0 Å². The van der Waals surface area contributed by atoms with Gasteiger partial charge in [-0.2, -0.15) is 5.10 Å². The molecule has 28 heavy (non-hydrogen) atoms. The predicted octanol–water partition coefficient (Wildman–Crippen LogP) is 5.27. The zero-order chi connectivity index (χ0) is 19.7. The molecule has 0 aliphatic carbocycles. The van der Waals surface area contributed by atoms with E-state index in [4.69, 9.17) is 26.2 Å². The quantitative estimate of drug-likeness (QED) is 0.651. The summed E-state index contributed by atoms with van der Waals surface area (Å²) in [5.41, 5.74) is 5.23. The fraction of sp³-hybridized carbons (Fsp3) is 0.318. The monoisotopic (exact) mass is 397 g/mol. The summed E-state index contributed by atoms with van der Waals surface area (Å²) in [5, 5.41) is 9.33. The highest BCUT2D eigenvalue weighted by Crippen LogP contribution is 2.39. The van der Waals surface area contributed by atoms with E-state index in [1.807, 2.05) is 41.1 Å². The molecule has 0 bridgehead atoms. The van der Waals surface area contributed by atoms with E-state index in [1.165, 1.54) is 5.56 Å². The van der Waals surface area contributed by atoms with E-state index in [0.717, 1.165) is 70.7 Å². The average Bonchev–Trinajstić information content (AvgIpc) is 2.88. The van der Waals surface area contributed by atoms with Crippen molar-refractivity contribution in [2.75, 3.05) is 26.1 Å². The number of halogens is 1. The molecule has 0 spiro atoms. The number of hydrogen-bond acceptors (Lipinski definition) is 4. The van der Waals surface area contributed by atoms with Gasteiger partial charge in [-0.05, 0) is 62.1 Å². The van der Waals surface area contributed by atoms with Gasteiger partial charge in [-0.15, -0.1) is 0 Å². The van der Waals surface area contributed by atoms with Crippen molar-refractivity contribution in [2.24, 2.45) is 0 Å². The second-order valence-electron chi connectivity index (χ2n) is 6.97. The normalized spacial score (nSPS) is 13.4. The average molecular weight is 398 g/mol. The van der Waals surface area contributed by atoms with Gasteiger partial charge in [0.1, 0.15) is 23.0 Å². The van der Waals surface area contributed by atoms with Crippen molar-refractivity contribution in [3.63, 3.8) is 0 Å². The van der Waals surface area contributed by atoms with Gasteiger partial charge < -0.3 is 14.8 Å². The van der Waals surface area contributed by atoms with Gasteiger partial charge in [0.15, 0.2) is 0 Å². The number of rotatable bonds is 4. The van der Waals surface area contributed by atoms with Gasteiger partial charge in [-0.25, -0.2) is 4.68 Å². The fourth-order valence-corrected chi connectivity index (χ4v) is 3.97. The van der Waals surface area contributed by atoms with Gasteiger partial charge in [-0.1, -0.05) is 11.6 Å². The Balaban J connectivity index is 1.93. The molecule has 1 N–H and O–H groups in total.